The van der Waals surface area contributed by atoms with E-state index in [9.17, 15) is 14.3 Å². The van der Waals surface area contributed by atoms with Gasteiger partial charge in [-0.15, -0.1) is 0 Å². The molecule has 0 heterocycles. The predicted octanol–water partition coefficient (Wildman–Crippen LogP) is 3.38. The smallest absolute Gasteiger partial charge is 0.330 e. The molecule has 1 atom stereocenters. The van der Waals surface area contributed by atoms with Gasteiger partial charge >= 0.3 is 5.97 Å². The number of rotatable bonds is 5. The lowest BCUT2D eigenvalue weighted by Gasteiger charge is -2.18. The van der Waals surface area contributed by atoms with Crippen LogP contribution in [0.15, 0.2) is 42.5 Å². The summed E-state index contributed by atoms with van der Waals surface area (Å²) in [5, 5.41) is 12.3. The van der Waals surface area contributed by atoms with Crippen LogP contribution in [-0.2, 0) is 4.79 Å². The van der Waals surface area contributed by atoms with Crippen LogP contribution in [0.25, 0.3) is 0 Å². The maximum atomic E-state index is 13.4. The number of carboxylic acids is 1. The highest BCUT2D eigenvalue weighted by Crippen LogP contribution is 2.25. The van der Waals surface area contributed by atoms with Crippen molar-refractivity contribution in [2.75, 3.05) is 12.4 Å². The molecule has 2 aromatic rings. The van der Waals surface area contributed by atoms with Gasteiger partial charge in [0, 0.05) is 5.69 Å². The van der Waals surface area contributed by atoms with Gasteiger partial charge in [-0.25, -0.2) is 9.18 Å². The molecule has 4 nitrogen and oxygen atoms in total. The standard InChI is InChI=1S/C16H16FNO3/c1-10-3-4-11(17)9-14(10)15(16(19)20)18-12-5-7-13(21-2)8-6-12/h3-9,15,18H,1-2H3,(H,19,20). The second kappa shape index (κ2) is 6.26. The molecule has 2 aromatic carbocycles. The van der Waals surface area contributed by atoms with Crippen LogP contribution in [0.4, 0.5) is 10.1 Å². The van der Waals surface area contributed by atoms with Crippen LogP contribution in [0.2, 0.25) is 0 Å². The SMILES string of the molecule is COc1ccc(NC(C(=O)O)c2cc(F)ccc2C)cc1. The van der Waals surface area contributed by atoms with Crippen molar-refractivity contribution in [2.24, 2.45) is 0 Å². The molecule has 0 bridgehead atoms. The van der Waals surface area contributed by atoms with Crippen molar-refractivity contribution in [3.05, 3.63) is 59.4 Å². The summed E-state index contributed by atoms with van der Waals surface area (Å²) < 4.78 is 18.4. The normalized spacial score (nSPS) is 11.8. The second-order valence-corrected chi connectivity index (χ2v) is 4.64. The molecule has 0 spiro atoms. The summed E-state index contributed by atoms with van der Waals surface area (Å²) in [6, 6.07) is 9.97. The number of anilines is 1. The average molecular weight is 289 g/mol. The van der Waals surface area contributed by atoms with Crippen LogP contribution < -0.4 is 10.1 Å². The summed E-state index contributed by atoms with van der Waals surface area (Å²) in [5.74, 6) is -0.854. The van der Waals surface area contributed by atoms with Gasteiger partial charge in [-0.2, -0.15) is 0 Å². The van der Waals surface area contributed by atoms with Crippen LogP contribution in [0.3, 0.4) is 0 Å². The molecule has 21 heavy (non-hydrogen) atoms. The third-order valence-electron chi connectivity index (χ3n) is 3.20. The third-order valence-corrected chi connectivity index (χ3v) is 3.20. The number of aryl methyl sites for hydroxylation is 1. The van der Waals surface area contributed by atoms with E-state index in [1.54, 1.807) is 44.4 Å². The second-order valence-electron chi connectivity index (χ2n) is 4.64. The van der Waals surface area contributed by atoms with E-state index in [0.717, 1.165) is 0 Å². The minimum atomic E-state index is -1.07. The van der Waals surface area contributed by atoms with Crippen molar-refractivity contribution in [3.63, 3.8) is 0 Å². The minimum absolute atomic E-state index is 0.401. The third kappa shape index (κ3) is 3.51. The number of benzene rings is 2. The Morgan fingerprint density at radius 1 is 1.24 bits per heavy atom. The Labute approximate surface area is 122 Å². The first-order chi connectivity index (χ1) is 10.0. The molecule has 0 amide bonds. The van der Waals surface area contributed by atoms with E-state index in [4.69, 9.17) is 4.74 Å². The van der Waals surface area contributed by atoms with Crippen molar-refractivity contribution >= 4 is 11.7 Å². The van der Waals surface area contributed by atoms with E-state index in [1.165, 1.54) is 12.1 Å². The highest BCUT2D eigenvalue weighted by atomic mass is 19.1. The number of hydrogen-bond donors (Lipinski definition) is 2. The van der Waals surface area contributed by atoms with Crippen molar-refractivity contribution in [1.82, 2.24) is 0 Å². The van der Waals surface area contributed by atoms with Gasteiger partial charge in [-0.3, -0.25) is 0 Å². The van der Waals surface area contributed by atoms with Gasteiger partial charge in [0.15, 0.2) is 6.04 Å². The molecular weight excluding hydrogens is 273 g/mol. The molecule has 0 fully saturated rings. The van der Waals surface area contributed by atoms with Crippen LogP contribution in [0.1, 0.15) is 17.2 Å². The van der Waals surface area contributed by atoms with E-state index in [2.05, 4.69) is 5.32 Å². The summed E-state index contributed by atoms with van der Waals surface area (Å²) in [5.41, 5.74) is 1.73. The zero-order valence-corrected chi connectivity index (χ0v) is 11.8. The molecule has 0 aliphatic rings. The van der Waals surface area contributed by atoms with Crippen molar-refractivity contribution in [3.8, 4) is 5.75 Å². The van der Waals surface area contributed by atoms with Crippen LogP contribution in [0, 0.1) is 12.7 Å². The van der Waals surface area contributed by atoms with Crippen LogP contribution >= 0.6 is 0 Å². The first-order valence-electron chi connectivity index (χ1n) is 6.40. The molecule has 0 aliphatic carbocycles. The topological polar surface area (TPSA) is 58.6 Å². The summed E-state index contributed by atoms with van der Waals surface area (Å²) in [7, 11) is 1.55. The van der Waals surface area contributed by atoms with E-state index in [-0.39, 0.29) is 0 Å². The van der Waals surface area contributed by atoms with Gasteiger partial charge in [0.05, 0.1) is 7.11 Å². The van der Waals surface area contributed by atoms with Gasteiger partial charge in [0.25, 0.3) is 0 Å². The maximum absolute atomic E-state index is 13.4. The van der Waals surface area contributed by atoms with Crippen LogP contribution in [-0.4, -0.2) is 18.2 Å². The van der Waals surface area contributed by atoms with Crippen molar-refractivity contribution in [2.45, 2.75) is 13.0 Å². The Hall–Kier alpha value is -2.56. The summed E-state index contributed by atoms with van der Waals surface area (Å²) in [6.07, 6.45) is 0. The van der Waals surface area contributed by atoms with Gasteiger partial charge in [-0.1, -0.05) is 6.07 Å². The molecule has 0 saturated carbocycles. The monoisotopic (exact) mass is 289 g/mol. The van der Waals surface area contributed by atoms with Crippen LogP contribution in [0.5, 0.6) is 5.75 Å². The lowest BCUT2D eigenvalue weighted by Crippen LogP contribution is -2.21. The molecule has 2 rings (SSSR count). The maximum Gasteiger partial charge on any atom is 0.330 e. The summed E-state index contributed by atoms with van der Waals surface area (Å²) in [4.78, 5) is 11.5. The van der Waals surface area contributed by atoms with E-state index in [0.29, 0.717) is 22.6 Å². The molecular formula is C16H16FNO3. The number of nitrogens with one attached hydrogen (secondary N) is 1. The zero-order chi connectivity index (χ0) is 15.4. The lowest BCUT2D eigenvalue weighted by molar-refractivity contribution is -0.138. The molecule has 1 unspecified atom stereocenters. The van der Waals surface area contributed by atoms with E-state index >= 15 is 0 Å². The molecule has 2 N–H and O–H groups in total. The Morgan fingerprint density at radius 3 is 2.48 bits per heavy atom. The number of aliphatic carboxylic acids is 1. The highest BCUT2D eigenvalue weighted by molar-refractivity contribution is 5.79. The lowest BCUT2D eigenvalue weighted by atomic mass is 10.0. The quantitative estimate of drug-likeness (QED) is 0.886. The molecule has 110 valence electrons. The molecule has 5 heteroatoms. The number of methoxy groups -OCH3 is 1. The fourth-order valence-electron chi connectivity index (χ4n) is 2.05. The predicted molar refractivity (Wildman–Crippen MR) is 78.1 cm³/mol. The molecule has 0 radical (unpaired) electrons. The first kappa shape index (κ1) is 14.8. The van der Waals surface area contributed by atoms with E-state index < -0.39 is 17.8 Å². The van der Waals surface area contributed by atoms with E-state index in [1.807, 2.05) is 0 Å². The fraction of sp³-hybridized carbons (Fsp3) is 0.188. The van der Waals surface area contributed by atoms with Gasteiger partial charge in [0.2, 0.25) is 0 Å². The Kier molecular flexibility index (Phi) is 4.42. The number of ether oxygens (including phenoxy) is 1. The average Bonchev–Trinajstić information content (AvgIpc) is 2.48. The highest BCUT2D eigenvalue weighted by Gasteiger charge is 2.22. The number of hydrogen-bond acceptors (Lipinski definition) is 3. The molecule has 0 aromatic heterocycles. The Balaban J connectivity index is 2.30. The number of carboxylic acid groups (broad SMARTS) is 1. The molecule has 0 aliphatic heterocycles. The Bertz CT molecular complexity index is 640. The van der Waals surface area contributed by atoms with Gasteiger partial charge in [0.1, 0.15) is 11.6 Å². The Morgan fingerprint density at radius 2 is 1.90 bits per heavy atom. The molecule has 0 saturated heterocycles. The fourth-order valence-corrected chi connectivity index (χ4v) is 2.05. The van der Waals surface area contributed by atoms with Crippen molar-refractivity contribution < 1.29 is 19.0 Å². The number of carbonyl (C=O) groups is 1. The number of halogens is 1. The summed E-state index contributed by atoms with van der Waals surface area (Å²) in [6.45, 7) is 1.75. The van der Waals surface area contributed by atoms with Gasteiger partial charge in [-0.05, 0) is 54.4 Å². The first-order valence-corrected chi connectivity index (χ1v) is 6.40. The minimum Gasteiger partial charge on any atom is -0.497 e. The van der Waals surface area contributed by atoms with Gasteiger partial charge < -0.3 is 15.2 Å². The zero-order valence-electron chi connectivity index (χ0n) is 11.8. The summed E-state index contributed by atoms with van der Waals surface area (Å²) >= 11 is 0. The largest absolute Gasteiger partial charge is 0.497 e. The van der Waals surface area contributed by atoms with Crippen molar-refractivity contribution in [1.29, 1.82) is 0 Å².